The molecule has 0 fully saturated rings. The first-order valence-electron chi connectivity index (χ1n) is 4.56. The Labute approximate surface area is 93.9 Å². The monoisotopic (exact) mass is 217 g/mol. The van der Waals surface area contributed by atoms with E-state index in [4.69, 9.17) is 11.6 Å². The topological polar surface area (TPSA) is 24.9 Å². The molecular weight excluding hydrogens is 208 g/mol. The van der Waals surface area contributed by atoms with Crippen molar-refractivity contribution < 1.29 is 0 Å². The molecule has 0 bridgehead atoms. The Morgan fingerprint density at radius 2 is 1.93 bits per heavy atom. The standard InChI is InChI=1S/C12H10ClN2/c1-9-5-2-3-7-11(9)15-12-10(13)6-4-8-14-12/h2-8H,1H2,(H,14,15). The largest absolute Gasteiger partial charge is 0.339 e. The lowest BCUT2D eigenvalue weighted by molar-refractivity contribution is 1.30. The molecule has 0 saturated carbocycles. The van der Waals surface area contributed by atoms with Crippen LogP contribution in [0.5, 0.6) is 0 Å². The van der Waals surface area contributed by atoms with E-state index in [0.717, 1.165) is 11.3 Å². The van der Waals surface area contributed by atoms with Crippen LogP contribution in [0.25, 0.3) is 0 Å². The summed E-state index contributed by atoms with van der Waals surface area (Å²) in [6.45, 7) is 3.91. The summed E-state index contributed by atoms with van der Waals surface area (Å²) in [7, 11) is 0. The van der Waals surface area contributed by atoms with Gasteiger partial charge in [-0.25, -0.2) is 4.98 Å². The van der Waals surface area contributed by atoms with Crippen LogP contribution < -0.4 is 5.32 Å². The minimum Gasteiger partial charge on any atom is -0.339 e. The van der Waals surface area contributed by atoms with Crippen molar-refractivity contribution in [3.05, 3.63) is 60.1 Å². The summed E-state index contributed by atoms with van der Waals surface area (Å²) in [5, 5.41) is 3.73. The Bertz CT molecular complexity index is 425. The smallest absolute Gasteiger partial charge is 0.149 e. The van der Waals surface area contributed by atoms with E-state index in [1.807, 2.05) is 24.3 Å². The van der Waals surface area contributed by atoms with E-state index in [0.29, 0.717) is 10.8 Å². The number of para-hydroxylation sites is 1. The number of anilines is 2. The number of nitrogens with one attached hydrogen (secondary N) is 1. The maximum atomic E-state index is 5.98. The van der Waals surface area contributed by atoms with E-state index in [2.05, 4.69) is 17.2 Å². The molecule has 1 N–H and O–H groups in total. The maximum absolute atomic E-state index is 5.98. The molecule has 15 heavy (non-hydrogen) atoms. The van der Waals surface area contributed by atoms with Crippen LogP contribution in [-0.2, 0) is 0 Å². The third kappa shape index (κ3) is 2.28. The molecule has 0 spiro atoms. The van der Waals surface area contributed by atoms with Gasteiger partial charge in [-0.2, -0.15) is 0 Å². The van der Waals surface area contributed by atoms with Gasteiger partial charge in [0.25, 0.3) is 0 Å². The Kier molecular flexibility index (Phi) is 2.88. The van der Waals surface area contributed by atoms with Gasteiger partial charge in [0.1, 0.15) is 5.82 Å². The van der Waals surface area contributed by atoms with Gasteiger partial charge in [0, 0.05) is 11.9 Å². The highest BCUT2D eigenvalue weighted by molar-refractivity contribution is 6.33. The quantitative estimate of drug-likeness (QED) is 0.831. The van der Waals surface area contributed by atoms with Crippen LogP contribution in [0.15, 0.2) is 42.6 Å². The van der Waals surface area contributed by atoms with Crippen LogP contribution in [0, 0.1) is 6.92 Å². The molecule has 0 unspecified atom stereocenters. The zero-order chi connectivity index (χ0) is 10.7. The van der Waals surface area contributed by atoms with Crippen molar-refractivity contribution in [2.24, 2.45) is 0 Å². The lowest BCUT2D eigenvalue weighted by Crippen LogP contribution is -1.95. The summed E-state index contributed by atoms with van der Waals surface area (Å²) in [6, 6.07) is 11.3. The molecule has 1 aromatic heterocycles. The molecule has 2 nitrogen and oxygen atoms in total. The van der Waals surface area contributed by atoms with E-state index in [1.165, 1.54) is 0 Å². The molecule has 3 heteroatoms. The number of hydrogen-bond donors (Lipinski definition) is 1. The van der Waals surface area contributed by atoms with Crippen LogP contribution in [0.1, 0.15) is 5.56 Å². The number of benzene rings is 1. The highest BCUT2D eigenvalue weighted by atomic mass is 35.5. The van der Waals surface area contributed by atoms with Crippen LogP contribution in [0.2, 0.25) is 5.02 Å². The third-order valence-corrected chi connectivity index (χ3v) is 2.33. The summed E-state index contributed by atoms with van der Waals surface area (Å²) in [4.78, 5) is 4.14. The molecule has 0 atom stereocenters. The van der Waals surface area contributed by atoms with Gasteiger partial charge in [-0.1, -0.05) is 29.8 Å². The van der Waals surface area contributed by atoms with Gasteiger partial charge in [-0.15, -0.1) is 0 Å². The third-order valence-electron chi connectivity index (χ3n) is 2.03. The maximum Gasteiger partial charge on any atom is 0.149 e. The Hall–Kier alpha value is -1.54. The zero-order valence-electron chi connectivity index (χ0n) is 8.07. The Morgan fingerprint density at radius 3 is 2.67 bits per heavy atom. The van der Waals surface area contributed by atoms with Gasteiger partial charge in [0.2, 0.25) is 0 Å². The van der Waals surface area contributed by atoms with Gasteiger partial charge < -0.3 is 5.32 Å². The summed E-state index contributed by atoms with van der Waals surface area (Å²) >= 11 is 5.98. The fraction of sp³-hybridized carbons (Fsp3) is 0. The fourth-order valence-electron chi connectivity index (χ4n) is 1.25. The lowest BCUT2D eigenvalue weighted by atomic mass is 10.2. The predicted molar refractivity (Wildman–Crippen MR) is 63.4 cm³/mol. The number of hydrogen-bond acceptors (Lipinski definition) is 2. The van der Waals surface area contributed by atoms with Crippen LogP contribution in [-0.4, -0.2) is 4.98 Å². The van der Waals surface area contributed by atoms with Crippen molar-refractivity contribution in [3.63, 3.8) is 0 Å². The summed E-state index contributed by atoms with van der Waals surface area (Å²) in [5.74, 6) is 0.648. The van der Waals surface area contributed by atoms with Crippen molar-refractivity contribution in [1.82, 2.24) is 4.98 Å². The van der Waals surface area contributed by atoms with Crippen LogP contribution >= 0.6 is 11.6 Å². The Balaban J connectivity index is 2.30. The molecular formula is C12H10ClN2. The average Bonchev–Trinajstić information content (AvgIpc) is 2.24. The molecule has 1 heterocycles. The molecule has 75 valence electrons. The van der Waals surface area contributed by atoms with E-state index >= 15 is 0 Å². The molecule has 0 aliphatic heterocycles. The lowest BCUT2D eigenvalue weighted by Gasteiger charge is -2.09. The minimum absolute atomic E-state index is 0.598. The number of halogens is 1. The van der Waals surface area contributed by atoms with Crippen molar-refractivity contribution in [2.75, 3.05) is 5.32 Å². The second-order valence-electron chi connectivity index (χ2n) is 3.12. The molecule has 0 saturated heterocycles. The SMILES string of the molecule is [CH2]c1ccccc1Nc1ncccc1Cl. The molecule has 1 aromatic carbocycles. The van der Waals surface area contributed by atoms with Gasteiger partial charge in [-0.05, 0) is 30.7 Å². The highest BCUT2D eigenvalue weighted by Gasteiger charge is 2.02. The first kappa shape index (κ1) is 9.99. The molecule has 2 rings (SSSR count). The van der Waals surface area contributed by atoms with Crippen molar-refractivity contribution in [3.8, 4) is 0 Å². The average molecular weight is 218 g/mol. The number of aromatic nitrogens is 1. The zero-order valence-corrected chi connectivity index (χ0v) is 8.83. The number of rotatable bonds is 2. The van der Waals surface area contributed by atoms with Crippen molar-refractivity contribution >= 4 is 23.1 Å². The first-order chi connectivity index (χ1) is 7.27. The summed E-state index contributed by atoms with van der Waals surface area (Å²) in [5.41, 5.74) is 1.83. The molecule has 0 amide bonds. The number of pyridine rings is 1. The summed E-state index contributed by atoms with van der Waals surface area (Å²) < 4.78 is 0. The second kappa shape index (κ2) is 4.32. The van der Waals surface area contributed by atoms with Crippen LogP contribution in [0.3, 0.4) is 0 Å². The minimum atomic E-state index is 0.598. The summed E-state index contributed by atoms with van der Waals surface area (Å²) in [6.07, 6.45) is 1.69. The van der Waals surface area contributed by atoms with Gasteiger partial charge in [0.15, 0.2) is 0 Å². The fourth-order valence-corrected chi connectivity index (χ4v) is 1.42. The molecule has 2 aromatic rings. The van der Waals surface area contributed by atoms with E-state index in [-0.39, 0.29) is 0 Å². The normalized spacial score (nSPS) is 10.0. The van der Waals surface area contributed by atoms with Crippen molar-refractivity contribution in [2.45, 2.75) is 0 Å². The molecule has 0 aliphatic carbocycles. The first-order valence-corrected chi connectivity index (χ1v) is 4.93. The molecule has 1 radical (unpaired) electrons. The van der Waals surface area contributed by atoms with Gasteiger partial charge in [-0.3, -0.25) is 0 Å². The predicted octanol–water partition coefficient (Wildman–Crippen LogP) is 3.66. The van der Waals surface area contributed by atoms with E-state index in [9.17, 15) is 0 Å². The van der Waals surface area contributed by atoms with E-state index in [1.54, 1.807) is 18.3 Å². The van der Waals surface area contributed by atoms with Gasteiger partial charge in [0.05, 0.1) is 5.02 Å². The van der Waals surface area contributed by atoms with E-state index < -0.39 is 0 Å². The highest BCUT2D eigenvalue weighted by Crippen LogP contribution is 2.23. The second-order valence-corrected chi connectivity index (χ2v) is 3.52. The number of nitrogens with zero attached hydrogens (tertiary/aromatic N) is 1. The Morgan fingerprint density at radius 1 is 1.13 bits per heavy atom. The van der Waals surface area contributed by atoms with Crippen LogP contribution in [0.4, 0.5) is 11.5 Å². The van der Waals surface area contributed by atoms with Gasteiger partial charge >= 0.3 is 0 Å². The molecule has 0 aliphatic rings. The van der Waals surface area contributed by atoms with Crippen molar-refractivity contribution in [1.29, 1.82) is 0 Å².